The summed E-state index contributed by atoms with van der Waals surface area (Å²) in [6.45, 7) is 1.50. The SMILES string of the molecule is CC1CCc2c(sc(NC(=O)COC(=O)COc3ccccc3)c2C#N)C1. The molecule has 1 aromatic carbocycles. The molecule has 0 saturated carbocycles. The Kier molecular flexibility index (Phi) is 6.09. The van der Waals surface area contributed by atoms with E-state index < -0.39 is 18.5 Å². The van der Waals surface area contributed by atoms with Crippen molar-refractivity contribution in [3.8, 4) is 11.8 Å². The molecule has 0 aliphatic heterocycles. The Morgan fingerprint density at radius 1 is 1.30 bits per heavy atom. The van der Waals surface area contributed by atoms with Gasteiger partial charge in [0.05, 0.1) is 5.56 Å². The molecule has 1 N–H and O–H groups in total. The maximum atomic E-state index is 12.1. The van der Waals surface area contributed by atoms with Crippen molar-refractivity contribution in [1.82, 2.24) is 0 Å². The van der Waals surface area contributed by atoms with Crippen LogP contribution in [0.3, 0.4) is 0 Å². The molecule has 1 aliphatic rings. The number of anilines is 1. The number of nitrogens with one attached hydrogen (secondary N) is 1. The molecule has 0 spiro atoms. The van der Waals surface area contributed by atoms with Crippen molar-refractivity contribution in [1.29, 1.82) is 5.26 Å². The van der Waals surface area contributed by atoms with Gasteiger partial charge >= 0.3 is 5.97 Å². The van der Waals surface area contributed by atoms with E-state index in [1.807, 2.05) is 6.07 Å². The van der Waals surface area contributed by atoms with E-state index in [4.69, 9.17) is 9.47 Å². The lowest BCUT2D eigenvalue weighted by Gasteiger charge is -2.17. The number of esters is 1. The predicted molar refractivity (Wildman–Crippen MR) is 102 cm³/mol. The van der Waals surface area contributed by atoms with E-state index >= 15 is 0 Å². The fraction of sp³-hybridized carbons (Fsp3) is 0.350. The highest BCUT2D eigenvalue weighted by molar-refractivity contribution is 7.16. The van der Waals surface area contributed by atoms with E-state index in [0.717, 1.165) is 29.7 Å². The lowest BCUT2D eigenvalue weighted by Crippen LogP contribution is -2.23. The van der Waals surface area contributed by atoms with Gasteiger partial charge in [-0.3, -0.25) is 4.79 Å². The summed E-state index contributed by atoms with van der Waals surface area (Å²) in [6, 6.07) is 11.1. The molecule has 0 saturated heterocycles. The molecule has 27 heavy (non-hydrogen) atoms. The summed E-state index contributed by atoms with van der Waals surface area (Å²) in [6.07, 6.45) is 2.83. The van der Waals surface area contributed by atoms with Crippen molar-refractivity contribution in [2.75, 3.05) is 18.5 Å². The molecular formula is C20H20N2O4S. The van der Waals surface area contributed by atoms with Crippen molar-refractivity contribution in [3.63, 3.8) is 0 Å². The number of hydrogen-bond donors (Lipinski definition) is 1. The fourth-order valence-electron chi connectivity index (χ4n) is 2.97. The zero-order chi connectivity index (χ0) is 19.2. The number of hydrogen-bond acceptors (Lipinski definition) is 6. The average molecular weight is 384 g/mol. The molecule has 1 atom stereocenters. The minimum absolute atomic E-state index is 0.272. The number of amides is 1. The molecule has 1 aromatic heterocycles. The molecule has 7 heteroatoms. The molecular weight excluding hydrogens is 364 g/mol. The number of benzene rings is 1. The number of rotatable bonds is 6. The molecule has 1 heterocycles. The number of carbonyl (C=O) groups is 2. The van der Waals surface area contributed by atoms with Crippen LogP contribution in [0.4, 0.5) is 5.00 Å². The molecule has 1 aliphatic carbocycles. The Bertz CT molecular complexity index is 870. The largest absolute Gasteiger partial charge is 0.482 e. The van der Waals surface area contributed by atoms with Crippen LogP contribution in [0.25, 0.3) is 0 Å². The van der Waals surface area contributed by atoms with Gasteiger partial charge in [0.1, 0.15) is 16.8 Å². The second kappa shape index (κ2) is 8.69. The third-order valence-electron chi connectivity index (χ3n) is 4.34. The van der Waals surface area contributed by atoms with Gasteiger partial charge in [-0.2, -0.15) is 5.26 Å². The maximum Gasteiger partial charge on any atom is 0.344 e. The summed E-state index contributed by atoms with van der Waals surface area (Å²) in [5.74, 6) is 0.0350. The number of thiophene rings is 1. The standard InChI is InChI=1S/C20H20N2O4S/c1-13-7-8-15-16(10-21)20(27-17(15)9-13)22-18(23)11-26-19(24)12-25-14-5-3-2-4-6-14/h2-6,13H,7-9,11-12H2,1H3,(H,22,23). The highest BCUT2D eigenvalue weighted by atomic mass is 32.1. The van der Waals surface area contributed by atoms with Gasteiger partial charge in [-0.25, -0.2) is 4.79 Å². The summed E-state index contributed by atoms with van der Waals surface area (Å²) in [5, 5.41) is 12.7. The first kappa shape index (κ1) is 18.9. The average Bonchev–Trinajstić information content (AvgIpc) is 3.01. The van der Waals surface area contributed by atoms with Crippen LogP contribution in [-0.4, -0.2) is 25.1 Å². The molecule has 140 valence electrons. The molecule has 6 nitrogen and oxygen atoms in total. The Hall–Kier alpha value is -2.85. The highest BCUT2D eigenvalue weighted by Crippen LogP contribution is 2.39. The monoisotopic (exact) mass is 384 g/mol. The smallest absolute Gasteiger partial charge is 0.344 e. The second-order valence-electron chi connectivity index (χ2n) is 6.48. The van der Waals surface area contributed by atoms with Gasteiger partial charge in [0, 0.05) is 4.88 Å². The fourth-order valence-corrected chi connectivity index (χ4v) is 4.34. The van der Waals surface area contributed by atoms with Gasteiger partial charge in [0.2, 0.25) is 0 Å². The van der Waals surface area contributed by atoms with Crippen molar-refractivity contribution >= 4 is 28.2 Å². The number of nitrogens with zero attached hydrogens (tertiary/aromatic N) is 1. The minimum Gasteiger partial charge on any atom is -0.482 e. The van der Waals surface area contributed by atoms with Crippen LogP contribution >= 0.6 is 11.3 Å². The van der Waals surface area contributed by atoms with Crippen LogP contribution in [0.2, 0.25) is 0 Å². The van der Waals surface area contributed by atoms with Crippen LogP contribution in [0.15, 0.2) is 30.3 Å². The third-order valence-corrected chi connectivity index (χ3v) is 5.51. The summed E-state index contributed by atoms with van der Waals surface area (Å²) >= 11 is 1.44. The lowest BCUT2D eigenvalue weighted by molar-refractivity contribution is -0.149. The van der Waals surface area contributed by atoms with Crippen LogP contribution in [0.5, 0.6) is 5.75 Å². The number of ether oxygens (including phenoxy) is 2. The quantitative estimate of drug-likeness (QED) is 0.772. The van der Waals surface area contributed by atoms with Gasteiger partial charge in [-0.05, 0) is 42.9 Å². The first-order valence-corrected chi connectivity index (χ1v) is 9.56. The molecule has 0 radical (unpaired) electrons. The Morgan fingerprint density at radius 2 is 2.07 bits per heavy atom. The van der Waals surface area contributed by atoms with Gasteiger partial charge in [0.15, 0.2) is 13.2 Å². The van der Waals surface area contributed by atoms with E-state index in [1.165, 1.54) is 11.3 Å². The second-order valence-corrected chi connectivity index (χ2v) is 7.58. The van der Waals surface area contributed by atoms with Gasteiger partial charge in [-0.15, -0.1) is 11.3 Å². The Labute approximate surface area is 161 Å². The summed E-state index contributed by atoms with van der Waals surface area (Å²) in [5.41, 5.74) is 1.58. The van der Waals surface area contributed by atoms with E-state index in [0.29, 0.717) is 22.2 Å². The third kappa shape index (κ3) is 4.86. The van der Waals surface area contributed by atoms with E-state index in [-0.39, 0.29) is 6.61 Å². The maximum absolute atomic E-state index is 12.1. The number of nitriles is 1. The summed E-state index contributed by atoms with van der Waals surface area (Å²) < 4.78 is 10.2. The number of carbonyl (C=O) groups excluding carboxylic acids is 2. The summed E-state index contributed by atoms with van der Waals surface area (Å²) in [7, 11) is 0. The number of para-hydroxylation sites is 1. The van der Waals surface area contributed by atoms with Gasteiger partial charge < -0.3 is 14.8 Å². The minimum atomic E-state index is -0.631. The van der Waals surface area contributed by atoms with Crippen LogP contribution < -0.4 is 10.1 Å². The molecule has 2 aromatic rings. The van der Waals surface area contributed by atoms with Crippen LogP contribution in [0, 0.1) is 17.2 Å². The highest BCUT2D eigenvalue weighted by Gasteiger charge is 2.24. The van der Waals surface area contributed by atoms with E-state index in [9.17, 15) is 14.9 Å². The van der Waals surface area contributed by atoms with Gasteiger partial charge in [-0.1, -0.05) is 25.1 Å². The first-order valence-electron chi connectivity index (χ1n) is 8.74. The molecule has 1 unspecified atom stereocenters. The van der Waals surface area contributed by atoms with Crippen LogP contribution in [-0.2, 0) is 27.2 Å². The molecule has 1 amide bonds. The first-order chi connectivity index (χ1) is 13.1. The van der Waals surface area contributed by atoms with E-state index in [1.54, 1.807) is 24.3 Å². The summed E-state index contributed by atoms with van der Waals surface area (Å²) in [4.78, 5) is 25.0. The molecule has 0 fully saturated rings. The van der Waals surface area contributed by atoms with Crippen molar-refractivity contribution in [2.45, 2.75) is 26.2 Å². The molecule has 0 bridgehead atoms. The molecule has 3 rings (SSSR count). The van der Waals surface area contributed by atoms with Crippen molar-refractivity contribution in [3.05, 3.63) is 46.3 Å². The zero-order valence-electron chi connectivity index (χ0n) is 15.0. The van der Waals surface area contributed by atoms with Crippen molar-refractivity contribution < 1.29 is 19.1 Å². The van der Waals surface area contributed by atoms with Crippen LogP contribution in [0.1, 0.15) is 29.3 Å². The number of fused-ring (bicyclic) bond motifs is 1. The van der Waals surface area contributed by atoms with E-state index in [2.05, 4.69) is 18.3 Å². The zero-order valence-corrected chi connectivity index (χ0v) is 15.8. The van der Waals surface area contributed by atoms with Gasteiger partial charge in [0.25, 0.3) is 5.91 Å². The topological polar surface area (TPSA) is 88.4 Å². The predicted octanol–water partition coefficient (Wildman–Crippen LogP) is 3.31. The Morgan fingerprint density at radius 3 is 2.81 bits per heavy atom. The lowest BCUT2D eigenvalue weighted by atomic mass is 9.89. The van der Waals surface area contributed by atoms with Crippen molar-refractivity contribution in [2.24, 2.45) is 5.92 Å². The Balaban J connectivity index is 1.51. The normalized spacial score (nSPS) is 15.3.